The van der Waals surface area contributed by atoms with Crippen molar-refractivity contribution in [2.45, 2.75) is 51.1 Å². The van der Waals surface area contributed by atoms with E-state index in [2.05, 4.69) is 33.3 Å². The topological polar surface area (TPSA) is 79.6 Å². The van der Waals surface area contributed by atoms with E-state index in [0.29, 0.717) is 23.6 Å². The molecule has 0 bridgehead atoms. The highest BCUT2D eigenvalue weighted by Crippen LogP contribution is 2.24. The molecule has 2 aromatic heterocycles. The van der Waals surface area contributed by atoms with Crippen LogP contribution in [0.3, 0.4) is 0 Å². The van der Waals surface area contributed by atoms with Crippen LogP contribution in [0.1, 0.15) is 38.3 Å². The Balaban J connectivity index is 1.38. The minimum absolute atomic E-state index is 0.351. The van der Waals surface area contributed by atoms with Crippen LogP contribution in [0, 0.1) is 0 Å². The Morgan fingerprint density at radius 3 is 2.62 bits per heavy atom. The molecule has 2 fully saturated rings. The summed E-state index contributed by atoms with van der Waals surface area (Å²) in [5, 5.41) is 8.05. The van der Waals surface area contributed by atoms with Crippen LogP contribution in [-0.2, 0) is 16.3 Å². The molecule has 0 aliphatic carbocycles. The first-order valence-electron chi connectivity index (χ1n) is 9.59. The van der Waals surface area contributed by atoms with E-state index in [1.807, 2.05) is 10.6 Å². The van der Waals surface area contributed by atoms with Crippen LogP contribution in [0.5, 0.6) is 0 Å². The molecule has 4 heterocycles. The standard InChI is InChI=1S/C18H27N5O2S/c1-2-14-13-18(23-17(20-14)3-8-19-23)21-15-4-9-22(10-5-15)16-6-11-26(24,25)12-7-16/h3,8,13,15-16,21H,2,4-7,9-12H2,1H3. The zero-order chi connectivity index (χ0) is 18.1. The lowest BCUT2D eigenvalue weighted by molar-refractivity contribution is 0.147. The van der Waals surface area contributed by atoms with Crippen molar-refractivity contribution in [2.24, 2.45) is 0 Å². The molecular formula is C18H27N5O2S. The summed E-state index contributed by atoms with van der Waals surface area (Å²) < 4.78 is 25.1. The molecule has 8 heteroatoms. The second-order valence-electron chi connectivity index (χ2n) is 7.43. The molecule has 1 N–H and O–H groups in total. The van der Waals surface area contributed by atoms with Crippen LogP contribution in [0.25, 0.3) is 5.65 Å². The number of likely N-dealkylation sites (tertiary alicyclic amines) is 1. The van der Waals surface area contributed by atoms with Crippen molar-refractivity contribution in [1.29, 1.82) is 0 Å². The largest absolute Gasteiger partial charge is 0.367 e. The number of sulfone groups is 1. The molecule has 0 spiro atoms. The van der Waals surface area contributed by atoms with Crippen molar-refractivity contribution in [3.05, 3.63) is 24.0 Å². The molecule has 0 unspecified atom stereocenters. The first-order valence-corrected chi connectivity index (χ1v) is 11.4. The molecule has 0 radical (unpaired) electrons. The van der Waals surface area contributed by atoms with E-state index in [4.69, 9.17) is 0 Å². The van der Waals surface area contributed by atoms with Crippen molar-refractivity contribution in [2.75, 3.05) is 29.9 Å². The van der Waals surface area contributed by atoms with E-state index in [-0.39, 0.29) is 0 Å². The summed E-state index contributed by atoms with van der Waals surface area (Å²) in [4.78, 5) is 7.08. The van der Waals surface area contributed by atoms with E-state index in [0.717, 1.165) is 62.4 Å². The molecule has 7 nitrogen and oxygen atoms in total. The van der Waals surface area contributed by atoms with Gasteiger partial charge in [-0.15, -0.1) is 0 Å². The number of nitrogens with one attached hydrogen (secondary N) is 1. The van der Waals surface area contributed by atoms with Gasteiger partial charge in [0, 0.05) is 43.0 Å². The van der Waals surface area contributed by atoms with Gasteiger partial charge in [0.25, 0.3) is 0 Å². The van der Waals surface area contributed by atoms with Crippen LogP contribution in [0.15, 0.2) is 18.3 Å². The zero-order valence-corrected chi connectivity index (χ0v) is 16.1. The Bertz CT molecular complexity index is 857. The summed E-state index contributed by atoms with van der Waals surface area (Å²) in [5.74, 6) is 1.72. The highest BCUT2D eigenvalue weighted by molar-refractivity contribution is 7.91. The minimum atomic E-state index is -2.78. The molecular weight excluding hydrogens is 350 g/mol. The van der Waals surface area contributed by atoms with Crippen LogP contribution in [0.2, 0.25) is 0 Å². The molecule has 2 aliphatic heterocycles. The Hall–Kier alpha value is -1.67. The van der Waals surface area contributed by atoms with E-state index >= 15 is 0 Å². The maximum absolute atomic E-state index is 11.6. The maximum atomic E-state index is 11.6. The van der Waals surface area contributed by atoms with Gasteiger partial charge >= 0.3 is 0 Å². The summed E-state index contributed by atoms with van der Waals surface area (Å²) in [6.45, 7) is 4.16. The van der Waals surface area contributed by atoms with E-state index < -0.39 is 9.84 Å². The second-order valence-corrected chi connectivity index (χ2v) is 9.73. The molecule has 2 saturated heterocycles. The SMILES string of the molecule is CCc1cc(NC2CCN(C3CCS(=O)(=O)CC3)CC2)n2nccc2n1. The predicted octanol–water partition coefficient (Wildman–Crippen LogP) is 1.75. The van der Waals surface area contributed by atoms with E-state index in [1.165, 1.54) is 0 Å². The van der Waals surface area contributed by atoms with Gasteiger partial charge in [-0.05, 0) is 32.1 Å². The van der Waals surface area contributed by atoms with Crippen molar-refractivity contribution in [3.8, 4) is 0 Å². The predicted molar refractivity (Wildman–Crippen MR) is 102 cm³/mol. The molecule has 2 aromatic rings. The van der Waals surface area contributed by atoms with Gasteiger partial charge in [-0.2, -0.15) is 9.61 Å². The molecule has 0 atom stereocenters. The quantitative estimate of drug-likeness (QED) is 0.874. The maximum Gasteiger partial charge on any atom is 0.157 e. The summed E-state index contributed by atoms with van der Waals surface area (Å²) in [6, 6.07) is 4.88. The lowest BCUT2D eigenvalue weighted by Gasteiger charge is -2.39. The number of fused-ring (bicyclic) bond motifs is 1. The Labute approximate surface area is 154 Å². The smallest absolute Gasteiger partial charge is 0.157 e. The van der Waals surface area contributed by atoms with Crippen molar-refractivity contribution in [1.82, 2.24) is 19.5 Å². The van der Waals surface area contributed by atoms with Gasteiger partial charge in [0.15, 0.2) is 5.65 Å². The highest BCUT2D eigenvalue weighted by Gasteiger charge is 2.30. The van der Waals surface area contributed by atoms with Gasteiger partial charge < -0.3 is 10.2 Å². The van der Waals surface area contributed by atoms with Crippen LogP contribution in [-0.4, -0.2) is 64.6 Å². The fourth-order valence-corrected chi connectivity index (χ4v) is 5.58. The monoisotopic (exact) mass is 377 g/mol. The molecule has 4 rings (SSSR count). The number of piperidine rings is 1. The number of aryl methyl sites for hydroxylation is 1. The lowest BCUT2D eigenvalue weighted by Crippen LogP contribution is -2.47. The zero-order valence-electron chi connectivity index (χ0n) is 15.3. The fourth-order valence-electron chi connectivity index (χ4n) is 4.11. The minimum Gasteiger partial charge on any atom is -0.367 e. The number of hydrogen-bond acceptors (Lipinski definition) is 6. The van der Waals surface area contributed by atoms with Gasteiger partial charge in [-0.25, -0.2) is 13.4 Å². The molecule has 0 aromatic carbocycles. The Morgan fingerprint density at radius 1 is 1.19 bits per heavy atom. The number of hydrogen-bond donors (Lipinski definition) is 1. The molecule has 142 valence electrons. The number of rotatable bonds is 4. The Morgan fingerprint density at radius 2 is 1.92 bits per heavy atom. The van der Waals surface area contributed by atoms with Gasteiger partial charge in [-0.3, -0.25) is 0 Å². The highest BCUT2D eigenvalue weighted by atomic mass is 32.2. The van der Waals surface area contributed by atoms with E-state index in [1.54, 1.807) is 6.20 Å². The van der Waals surface area contributed by atoms with Crippen LogP contribution in [0.4, 0.5) is 5.82 Å². The first-order chi connectivity index (χ1) is 12.5. The number of anilines is 1. The lowest BCUT2D eigenvalue weighted by atomic mass is 10.0. The van der Waals surface area contributed by atoms with Crippen molar-refractivity contribution < 1.29 is 8.42 Å². The normalized spacial score (nSPS) is 22.7. The van der Waals surface area contributed by atoms with E-state index in [9.17, 15) is 8.42 Å². The Kier molecular flexibility index (Phi) is 4.88. The van der Waals surface area contributed by atoms with Crippen molar-refractivity contribution in [3.63, 3.8) is 0 Å². The number of aromatic nitrogens is 3. The van der Waals surface area contributed by atoms with Crippen LogP contribution < -0.4 is 5.32 Å². The average Bonchev–Trinajstić information content (AvgIpc) is 3.11. The third kappa shape index (κ3) is 3.71. The van der Waals surface area contributed by atoms with Gasteiger partial charge in [-0.1, -0.05) is 6.92 Å². The van der Waals surface area contributed by atoms with Crippen molar-refractivity contribution >= 4 is 21.3 Å². The molecule has 26 heavy (non-hydrogen) atoms. The van der Waals surface area contributed by atoms with Gasteiger partial charge in [0.2, 0.25) is 0 Å². The average molecular weight is 378 g/mol. The summed E-state index contributed by atoms with van der Waals surface area (Å²) in [6.07, 6.45) is 6.40. The third-order valence-electron chi connectivity index (χ3n) is 5.70. The second kappa shape index (κ2) is 7.15. The van der Waals surface area contributed by atoms with Gasteiger partial charge in [0.05, 0.1) is 17.7 Å². The number of nitrogens with zero attached hydrogens (tertiary/aromatic N) is 4. The van der Waals surface area contributed by atoms with Gasteiger partial charge in [0.1, 0.15) is 15.7 Å². The van der Waals surface area contributed by atoms with Crippen LogP contribution >= 0.6 is 0 Å². The first kappa shape index (κ1) is 17.7. The molecule has 0 saturated carbocycles. The fraction of sp³-hybridized carbons (Fsp3) is 0.667. The molecule has 0 amide bonds. The summed E-state index contributed by atoms with van der Waals surface area (Å²) >= 11 is 0. The summed E-state index contributed by atoms with van der Waals surface area (Å²) in [7, 11) is -2.78. The third-order valence-corrected chi connectivity index (χ3v) is 7.41. The summed E-state index contributed by atoms with van der Waals surface area (Å²) in [5.41, 5.74) is 1.95. The molecule has 2 aliphatic rings.